The first-order valence-electron chi connectivity index (χ1n) is 5.35. The van der Waals surface area contributed by atoms with Crippen molar-refractivity contribution in [1.29, 1.82) is 0 Å². The maximum Gasteiger partial charge on any atom is 1.00 e. The monoisotopic (exact) mass is 352 g/mol. The fourth-order valence-corrected chi connectivity index (χ4v) is 1.37. The van der Waals surface area contributed by atoms with Crippen molar-refractivity contribution in [3.8, 4) is 0 Å². The molecule has 1 N–H and O–H groups in total. The van der Waals surface area contributed by atoms with E-state index in [4.69, 9.17) is 17.5 Å². The molecular weight excluding hydrogens is 334 g/mol. The topological polar surface area (TPSA) is 144 Å². The molecule has 0 aliphatic rings. The van der Waals surface area contributed by atoms with Gasteiger partial charge in [0.05, 0.1) is 6.61 Å². The number of rotatable bonds is 8. The van der Waals surface area contributed by atoms with E-state index in [1.165, 1.54) is 19.3 Å². The first-order chi connectivity index (χ1) is 8.06. The molecule has 0 radical (unpaired) electrons. The van der Waals surface area contributed by atoms with E-state index in [2.05, 4.69) is 11.1 Å². The van der Waals surface area contributed by atoms with Gasteiger partial charge in [-0.25, -0.2) is 16.8 Å². The molecule has 0 aliphatic carbocycles. The second kappa shape index (κ2) is 17.1. The van der Waals surface area contributed by atoms with Gasteiger partial charge in [-0.05, 0) is 6.42 Å². The van der Waals surface area contributed by atoms with Crippen LogP contribution in [0.2, 0.25) is 0 Å². The van der Waals surface area contributed by atoms with Crippen LogP contribution in [0.3, 0.4) is 0 Å². The Balaban J connectivity index is -0.000000158. The van der Waals surface area contributed by atoms with Crippen molar-refractivity contribution in [2.24, 2.45) is 0 Å². The van der Waals surface area contributed by atoms with Gasteiger partial charge in [-0.2, -0.15) is 0 Å². The van der Waals surface area contributed by atoms with Gasteiger partial charge in [-0.1, -0.05) is 39.0 Å². The third kappa shape index (κ3) is 50.3. The molecule has 8 nitrogen and oxygen atoms in total. The van der Waals surface area contributed by atoms with Crippen LogP contribution in [0.5, 0.6) is 0 Å². The van der Waals surface area contributed by atoms with Gasteiger partial charge in [0.1, 0.15) is 0 Å². The average Bonchev–Trinajstić information content (AvgIpc) is 2.12. The molecule has 0 unspecified atom stereocenters. The van der Waals surface area contributed by atoms with Crippen LogP contribution in [0, 0.1) is 0 Å². The zero-order valence-electron chi connectivity index (χ0n) is 12.1. The summed E-state index contributed by atoms with van der Waals surface area (Å²) in [6.45, 7) is 2.16. The van der Waals surface area contributed by atoms with E-state index < -0.39 is 20.8 Å². The summed E-state index contributed by atoms with van der Waals surface area (Å²) in [5, 5.41) is 0. The molecule has 20 heavy (non-hydrogen) atoms. The van der Waals surface area contributed by atoms with Crippen LogP contribution in [0.4, 0.5) is 0 Å². The molecule has 0 aliphatic heterocycles. The van der Waals surface area contributed by atoms with Gasteiger partial charge in [-0.3, -0.25) is 8.74 Å². The Bertz CT molecular complexity index is 373. The van der Waals surface area contributed by atoms with E-state index in [9.17, 15) is 13.0 Å². The van der Waals surface area contributed by atoms with E-state index in [-0.39, 0.29) is 65.7 Å². The summed E-state index contributed by atoms with van der Waals surface area (Å²) in [5.41, 5.74) is 0. The van der Waals surface area contributed by atoms with Crippen molar-refractivity contribution in [3.05, 3.63) is 0 Å². The quantitative estimate of drug-likeness (QED) is 0.198. The maximum atomic E-state index is 9.99. The number of unbranched alkanes of at least 4 members (excludes halogenated alkanes) is 5. The molecule has 0 bridgehead atoms. The smallest absolute Gasteiger partial charge is 0.726 e. The minimum atomic E-state index is -4.92. The summed E-state index contributed by atoms with van der Waals surface area (Å²) in [6, 6.07) is 0. The van der Waals surface area contributed by atoms with Crippen LogP contribution in [0.15, 0.2) is 0 Å². The predicted molar refractivity (Wildman–Crippen MR) is 61.4 cm³/mol. The zero-order chi connectivity index (χ0) is 14.7. The number of hydrogen-bond donors (Lipinski definition) is 1. The molecule has 0 aromatic carbocycles. The minimum absolute atomic E-state index is 0. The number of hydrogen-bond acceptors (Lipinski definition) is 7. The fraction of sp³-hybridized carbons (Fsp3) is 1.00. The molecule has 0 spiro atoms. The molecule has 0 saturated heterocycles. The first kappa shape index (κ1) is 29.7. The molecule has 0 atom stereocenters. The zero-order valence-corrected chi connectivity index (χ0v) is 17.7. The Morgan fingerprint density at radius 2 is 1.25 bits per heavy atom. The first-order valence-corrected chi connectivity index (χ1v) is 8.04. The molecule has 112 valence electrons. The molecule has 0 amide bonds. The van der Waals surface area contributed by atoms with Crippen LogP contribution in [0.25, 0.3) is 0 Å². The second-order valence-electron chi connectivity index (χ2n) is 3.43. The summed E-state index contributed by atoms with van der Waals surface area (Å²) in [5.74, 6) is 0. The molecule has 0 rings (SSSR count). The van der Waals surface area contributed by atoms with Crippen LogP contribution >= 0.6 is 0 Å². The van der Waals surface area contributed by atoms with Crippen molar-refractivity contribution in [3.63, 3.8) is 0 Å². The van der Waals surface area contributed by atoms with Crippen molar-refractivity contribution < 1.29 is 93.8 Å². The van der Waals surface area contributed by atoms with Crippen molar-refractivity contribution >= 4 is 20.8 Å². The van der Waals surface area contributed by atoms with Gasteiger partial charge >= 0.3 is 59.1 Å². The Hall–Kier alpha value is 1.74. The average molecular weight is 352 g/mol. The largest absolute Gasteiger partial charge is 1.00 e. The summed E-state index contributed by atoms with van der Waals surface area (Å²) >= 11 is 0. The van der Waals surface area contributed by atoms with E-state index in [0.29, 0.717) is 6.42 Å². The molecule has 0 aromatic heterocycles. The molecule has 0 heterocycles. The normalized spacial score (nSPS) is 10.6. The standard InChI is InChI=1S/C8H18O4S.2Na.H2O4S/c1-2-3-4-5-6-7-8-12-13(9,10)11;;;1-5(2,3)4/h2-8H2,1H3,(H,9,10,11);;;(H2,1,2,3,4)/q;2*+1;/p-2. The van der Waals surface area contributed by atoms with Crippen molar-refractivity contribution in [2.75, 3.05) is 6.61 Å². The Morgan fingerprint density at radius 3 is 1.60 bits per heavy atom. The van der Waals surface area contributed by atoms with Crippen molar-refractivity contribution in [1.82, 2.24) is 0 Å². The van der Waals surface area contributed by atoms with E-state index in [1.807, 2.05) is 0 Å². The second-order valence-corrected chi connectivity index (χ2v) is 5.33. The molecule has 0 aromatic rings. The summed E-state index contributed by atoms with van der Waals surface area (Å²) in [7, 11) is -9.39. The van der Waals surface area contributed by atoms with Gasteiger partial charge in [0.2, 0.25) is 20.8 Å². The SMILES string of the molecule is CCCCCCCCOS(=O)(=O)[O-].O=S(=O)([O-])O.[Na+].[Na+]. The van der Waals surface area contributed by atoms with Gasteiger partial charge in [0, 0.05) is 0 Å². The van der Waals surface area contributed by atoms with Gasteiger partial charge in [0.15, 0.2) is 0 Å². The predicted octanol–water partition coefficient (Wildman–Crippen LogP) is -5.16. The van der Waals surface area contributed by atoms with Gasteiger partial charge < -0.3 is 9.11 Å². The van der Waals surface area contributed by atoms with Gasteiger partial charge in [-0.15, -0.1) is 0 Å². The van der Waals surface area contributed by atoms with Crippen LogP contribution < -0.4 is 59.1 Å². The minimum Gasteiger partial charge on any atom is -0.726 e. The van der Waals surface area contributed by atoms with Crippen LogP contribution in [-0.2, 0) is 25.0 Å². The summed E-state index contributed by atoms with van der Waals surface area (Å²) in [4.78, 5) is 0. The van der Waals surface area contributed by atoms with E-state index >= 15 is 0 Å². The van der Waals surface area contributed by atoms with Crippen LogP contribution in [0.1, 0.15) is 45.4 Å². The third-order valence-corrected chi connectivity index (χ3v) is 2.18. The Labute approximate surface area is 165 Å². The summed E-state index contributed by atoms with van der Waals surface area (Å²) in [6.07, 6.45) is 6.21. The fourth-order valence-electron chi connectivity index (χ4n) is 1.04. The van der Waals surface area contributed by atoms with Crippen LogP contribution in [-0.4, -0.2) is 37.1 Å². The Morgan fingerprint density at radius 1 is 0.900 bits per heavy atom. The van der Waals surface area contributed by atoms with E-state index in [1.54, 1.807) is 0 Å². The third-order valence-electron chi connectivity index (χ3n) is 1.73. The Kier molecular flexibility index (Phi) is 25.4. The van der Waals surface area contributed by atoms with Gasteiger partial charge in [0.25, 0.3) is 0 Å². The van der Waals surface area contributed by atoms with Crippen molar-refractivity contribution in [2.45, 2.75) is 45.4 Å². The maximum absolute atomic E-state index is 9.99. The van der Waals surface area contributed by atoms with E-state index in [0.717, 1.165) is 12.8 Å². The molecular formula is C8H18Na2O8S2. The molecule has 0 saturated carbocycles. The molecule has 12 heteroatoms. The molecule has 0 fully saturated rings. The summed E-state index contributed by atoms with van der Waals surface area (Å²) < 4.78 is 66.9.